The third-order valence-electron chi connectivity index (χ3n) is 3.46. The van der Waals surface area contributed by atoms with Crippen molar-refractivity contribution in [2.24, 2.45) is 0 Å². The molecule has 2 rings (SSSR count). The van der Waals surface area contributed by atoms with E-state index in [2.05, 4.69) is 10.6 Å². The lowest BCUT2D eigenvalue weighted by atomic mass is 9.77. The molecule has 1 aliphatic heterocycles. The summed E-state index contributed by atoms with van der Waals surface area (Å²) in [6.45, 7) is 0. The van der Waals surface area contributed by atoms with E-state index in [4.69, 9.17) is 5.11 Å². The molecule has 1 aliphatic carbocycles. The molecule has 0 aromatic carbocycles. The lowest BCUT2D eigenvalue weighted by Gasteiger charge is -2.38. The summed E-state index contributed by atoms with van der Waals surface area (Å²) < 4.78 is 0. The highest BCUT2D eigenvalue weighted by molar-refractivity contribution is 7.99. The summed E-state index contributed by atoms with van der Waals surface area (Å²) in [6, 6.07) is -0.153. The van der Waals surface area contributed by atoms with E-state index in [0.29, 0.717) is 12.8 Å². The standard InChI is InChI=1S/C11H18N2O3S/c14-9(15)11(4-2-5-11)13-10(16)12-8-3-1-6-17-7-8/h8H,1-7H2,(H,14,15)(H2,12,13,16). The third kappa shape index (κ3) is 2.86. The molecule has 2 aliphatic rings. The summed E-state index contributed by atoms with van der Waals surface area (Å²) in [5.41, 5.74) is -1.01. The van der Waals surface area contributed by atoms with Crippen molar-refractivity contribution in [2.45, 2.75) is 43.7 Å². The average molecular weight is 258 g/mol. The van der Waals surface area contributed by atoms with Crippen molar-refractivity contribution in [3.05, 3.63) is 0 Å². The monoisotopic (exact) mass is 258 g/mol. The molecule has 0 aromatic rings. The zero-order chi connectivity index (χ0) is 12.3. The number of nitrogens with one attached hydrogen (secondary N) is 2. The van der Waals surface area contributed by atoms with Crippen LogP contribution in [0.5, 0.6) is 0 Å². The molecule has 5 nitrogen and oxygen atoms in total. The van der Waals surface area contributed by atoms with Crippen LogP contribution < -0.4 is 10.6 Å². The number of carbonyl (C=O) groups is 2. The van der Waals surface area contributed by atoms with Gasteiger partial charge in [0.15, 0.2) is 0 Å². The molecule has 1 unspecified atom stereocenters. The fraction of sp³-hybridized carbons (Fsp3) is 0.818. The number of thioether (sulfide) groups is 1. The summed E-state index contributed by atoms with van der Waals surface area (Å²) in [5, 5.41) is 14.6. The fourth-order valence-electron chi connectivity index (χ4n) is 2.22. The number of hydrogen-bond acceptors (Lipinski definition) is 3. The Morgan fingerprint density at radius 2 is 2.06 bits per heavy atom. The minimum Gasteiger partial charge on any atom is -0.480 e. The first kappa shape index (κ1) is 12.5. The Bertz CT molecular complexity index is 312. The summed E-state index contributed by atoms with van der Waals surface area (Å²) in [7, 11) is 0. The number of amides is 2. The highest BCUT2D eigenvalue weighted by Gasteiger charge is 2.45. The molecule has 2 fully saturated rings. The Morgan fingerprint density at radius 1 is 1.29 bits per heavy atom. The van der Waals surface area contributed by atoms with Crippen molar-refractivity contribution < 1.29 is 14.7 Å². The first-order valence-corrected chi connectivity index (χ1v) is 7.18. The lowest BCUT2D eigenvalue weighted by molar-refractivity contribution is -0.148. The van der Waals surface area contributed by atoms with Crippen molar-refractivity contribution in [3.8, 4) is 0 Å². The van der Waals surface area contributed by atoms with Crippen LogP contribution in [-0.4, -0.2) is 40.2 Å². The molecule has 96 valence electrons. The van der Waals surface area contributed by atoms with Gasteiger partial charge in [0.25, 0.3) is 0 Å². The van der Waals surface area contributed by atoms with E-state index >= 15 is 0 Å². The predicted molar refractivity (Wildman–Crippen MR) is 66.2 cm³/mol. The van der Waals surface area contributed by atoms with Crippen molar-refractivity contribution in [2.75, 3.05) is 11.5 Å². The summed E-state index contributed by atoms with van der Waals surface area (Å²) >= 11 is 1.83. The van der Waals surface area contributed by atoms with Gasteiger partial charge in [-0.25, -0.2) is 9.59 Å². The number of hydrogen-bond donors (Lipinski definition) is 3. The minimum absolute atomic E-state index is 0.180. The first-order valence-electron chi connectivity index (χ1n) is 6.02. The second-order valence-corrected chi connectivity index (χ2v) is 5.90. The second kappa shape index (κ2) is 5.16. The van der Waals surface area contributed by atoms with E-state index in [1.807, 2.05) is 11.8 Å². The van der Waals surface area contributed by atoms with Crippen molar-refractivity contribution >= 4 is 23.8 Å². The fourth-order valence-corrected chi connectivity index (χ4v) is 3.29. The maximum absolute atomic E-state index is 11.7. The molecule has 0 bridgehead atoms. The second-order valence-electron chi connectivity index (χ2n) is 4.75. The number of carboxylic acids is 1. The van der Waals surface area contributed by atoms with Crippen LogP contribution in [0.25, 0.3) is 0 Å². The normalized spacial score (nSPS) is 26.7. The van der Waals surface area contributed by atoms with Crippen molar-refractivity contribution in [1.82, 2.24) is 10.6 Å². The van der Waals surface area contributed by atoms with Crippen LogP contribution in [0.3, 0.4) is 0 Å². The quantitative estimate of drug-likeness (QED) is 0.710. The SMILES string of the molecule is O=C(NC1CCCSC1)NC1(C(=O)O)CCC1. The largest absolute Gasteiger partial charge is 0.480 e. The van der Waals surface area contributed by atoms with Gasteiger partial charge in [-0.3, -0.25) is 0 Å². The van der Waals surface area contributed by atoms with Gasteiger partial charge in [0, 0.05) is 11.8 Å². The molecule has 17 heavy (non-hydrogen) atoms. The van der Waals surface area contributed by atoms with Gasteiger partial charge in [0.05, 0.1) is 0 Å². The highest BCUT2D eigenvalue weighted by Crippen LogP contribution is 2.31. The van der Waals surface area contributed by atoms with Crippen molar-refractivity contribution in [3.63, 3.8) is 0 Å². The van der Waals surface area contributed by atoms with Gasteiger partial charge >= 0.3 is 12.0 Å². The van der Waals surface area contributed by atoms with Crippen LogP contribution >= 0.6 is 11.8 Å². The molecule has 6 heteroatoms. The van der Waals surface area contributed by atoms with Gasteiger partial charge in [0.2, 0.25) is 0 Å². The lowest BCUT2D eigenvalue weighted by Crippen LogP contribution is -2.62. The van der Waals surface area contributed by atoms with Gasteiger partial charge in [0.1, 0.15) is 5.54 Å². The minimum atomic E-state index is -1.01. The average Bonchev–Trinajstić information content (AvgIpc) is 2.24. The maximum atomic E-state index is 11.7. The summed E-state index contributed by atoms with van der Waals surface area (Å²) in [5.74, 6) is 1.16. The summed E-state index contributed by atoms with van der Waals surface area (Å²) in [4.78, 5) is 22.8. The van der Waals surface area contributed by atoms with Crippen LogP contribution in [0.1, 0.15) is 32.1 Å². The topological polar surface area (TPSA) is 78.4 Å². The number of carboxylic acid groups (broad SMARTS) is 1. The molecular weight excluding hydrogens is 240 g/mol. The Kier molecular flexibility index (Phi) is 3.81. The number of rotatable bonds is 3. The van der Waals surface area contributed by atoms with Gasteiger partial charge in [-0.1, -0.05) is 0 Å². The van der Waals surface area contributed by atoms with E-state index in [9.17, 15) is 9.59 Å². The van der Waals surface area contributed by atoms with E-state index < -0.39 is 11.5 Å². The van der Waals surface area contributed by atoms with Crippen molar-refractivity contribution in [1.29, 1.82) is 0 Å². The zero-order valence-electron chi connectivity index (χ0n) is 9.70. The third-order valence-corrected chi connectivity index (χ3v) is 4.68. The smallest absolute Gasteiger partial charge is 0.329 e. The van der Waals surface area contributed by atoms with Crippen LogP contribution in [0.4, 0.5) is 4.79 Å². The molecule has 1 heterocycles. The molecule has 0 aromatic heterocycles. The van der Waals surface area contributed by atoms with E-state index in [0.717, 1.165) is 30.8 Å². The van der Waals surface area contributed by atoms with Crippen LogP contribution in [0.15, 0.2) is 0 Å². The Labute approximate surface area is 105 Å². The Morgan fingerprint density at radius 3 is 2.53 bits per heavy atom. The van der Waals surface area contributed by atoms with E-state index in [1.165, 1.54) is 0 Å². The van der Waals surface area contributed by atoms with E-state index in [-0.39, 0.29) is 12.1 Å². The van der Waals surface area contributed by atoms with Gasteiger partial charge < -0.3 is 15.7 Å². The molecule has 0 radical (unpaired) electrons. The summed E-state index contributed by atoms with van der Waals surface area (Å²) in [6.07, 6.45) is 4.04. The van der Waals surface area contributed by atoms with Crippen LogP contribution in [0.2, 0.25) is 0 Å². The molecule has 2 amide bonds. The molecule has 1 atom stereocenters. The van der Waals surface area contributed by atoms with Gasteiger partial charge in [-0.2, -0.15) is 11.8 Å². The number of carbonyl (C=O) groups excluding carboxylic acids is 1. The van der Waals surface area contributed by atoms with Crippen LogP contribution in [-0.2, 0) is 4.79 Å². The molecule has 3 N–H and O–H groups in total. The number of aliphatic carboxylic acids is 1. The molecule has 1 saturated heterocycles. The first-order chi connectivity index (χ1) is 8.12. The predicted octanol–water partition coefficient (Wildman–Crippen LogP) is 1.19. The van der Waals surface area contributed by atoms with Gasteiger partial charge in [-0.05, 0) is 37.9 Å². The van der Waals surface area contributed by atoms with E-state index in [1.54, 1.807) is 0 Å². The molecule has 1 saturated carbocycles. The Hall–Kier alpha value is -0.910. The number of urea groups is 1. The van der Waals surface area contributed by atoms with Crippen LogP contribution in [0, 0.1) is 0 Å². The van der Waals surface area contributed by atoms with Gasteiger partial charge in [-0.15, -0.1) is 0 Å². The maximum Gasteiger partial charge on any atom is 0.329 e. The zero-order valence-corrected chi connectivity index (χ0v) is 10.5. The highest BCUT2D eigenvalue weighted by atomic mass is 32.2. The Balaban J connectivity index is 1.81. The molecular formula is C11H18N2O3S. The molecule has 0 spiro atoms.